The van der Waals surface area contributed by atoms with Crippen LogP contribution in [0.3, 0.4) is 0 Å². The van der Waals surface area contributed by atoms with Gasteiger partial charge in [-0.1, -0.05) is 0 Å². The molecule has 0 N–H and O–H groups in total. The monoisotopic (exact) mass is 902 g/mol. The molecule has 0 bridgehead atoms. The van der Waals surface area contributed by atoms with E-state index in [1.165, 1.54) is 0 Å². The minimum atomic E-state index is 0.864. The van der Waals surface area contributed by atoms with Crippen LogP contribution in [0.2, 0.25) is 0 Å². The van der Waals surface area contributed by atoms with Crippen molar-refractivity contribution in [2.75, 3.05) is 23.9 Å². The van der Waals surface area contributed by atoms with Crippen LogP contribution in [0.25, 0.3) is 55.9 Å². The third-order valence-electron chi connectivity index (χ3n) is 9.97. The number of para-hydroxylation sites is 3. The first-order valence-corrected chi connectivity index (χ1v) is 19.6. The molecule has 5 nitrogen and oxygen atoms in total. The summed E-state index contributed by atoms with van der Waals surface area (Å²) in [4.78, 5) is 9.13. The predicted octanol–water partition coefficient (Wildman–Crippen LogP) is 12.0. The number of anilines is 4. The zero-order chi connectivity index (χ0) is 38.0. The third-order valence-corrected chi connectivity index (χ3v) is 11.0. The van der Waals surface area contributed by atoms with Gasteiger partial charge in [0.15, 0.2) is 0 Å². The molecule has 0 unspecified atom stereocenters. The summed E-state index contributed by atoms with van der Waals surface area (Å²) in [6.45, 7) is 0. The Labute approximate surface area is 338 Å². The molecular weight excluding hydrogens is 866 g/mol. The van der Waals surface area contributed by atoms with Crippen molar-refractivity contribution in [2.24, 2.45) is 0 Å². The van der Waals surface area contributed by atoms with Crippen LogP contribution in [0, 0.1) is 15.9 Å². The van der Waals surface area contributed by atoms with E-state index in [0.717, 1.165) is 82.5 Å². The summed E-state index contributed by atoms with van der Waals surface area (Å²) in [5.74, 6) is 0. The second kappa shape index (κ2) is 15.3. The summed E-state index contributed by atoms with van der Waals surface area (Å²) in [6.07, 6.45) is 1.83. The Bertz CT molecular complexity index is 2790. The zero-order valence-corrected chi connectivity index (χ0v) is 33.2. The summed E-state index contributed by atoms with van der Waals surface area (Å²) in [5, 5.41) is 0. The molecule has 0 fully saturated rings. The van der Waals surface area contributed by atoms with E-state index in [0.29, 0.717) is 0 Å². The second-order valence-electron chi connectivity index (χ2n) is 13.7. The molecule has 56 heavy (non-hydrogen) atoms. The number of hydrogen-bond acceptors (Lipinski definition) is 3. The van der Waals surface area contributed by atoms with Crippen LogP contribution in [0.15, 0.2) is 188 Å². The van der Waals surface area contributed by atoms with Crippen LogP contribution in [0.5, 0.6) is 0 Å². The molecular formula is C50H37N5Pt-2. The topological polar surface area (TPSA) is 29.2 Å². The molecule has 0 aliphatic carbocycles. The molecule has 0 amide bonds. The van der Waals surface area contributed by atoms with Crippen LogP contribution in [-0.2, 0) is 19.4 Å². The van der Waals surface area contributed by atoms with Crippen LogP contribution in [-0.4, -0.2) is 28.2 Å². The van der Waals surface area contributed by atoms with E-state index in [-0.39, 0.29) is 0 Å². The van der Waals surface area contributed by atoms with Gasteiger partial charge in [-0.15, -0.1) is 0 Å². The quantitative estimate of drug-likeness (QED) is 0.135. The zero-order valence-electron chi connectivity index (χ0n) is 31.0. The van der Waals surface area contributed by atoms with Crippen molar-refractivity contribution in [2.45, 2.75) is 0 Å². The van der Waals surface area contributed by atoms with Gasteiger partial charge in [0, 0.05) is 0 Å². The maximum absolute atomic E-state index is 4.69. The van der Waals surface area contributed by atoms with Crippen LogP contribution in [0.4, 0.5) is 22.7 Å². The van der Waals surface area contributed by atoms with Gasteiger partial charge in [0.2, 0.25) is 0 Å². The molecule has 0 saturated heterocycles. The number of imidazole rings is 1. The van der Waals surface area contributed by atoms with Crippen LogP contribution in [0.1, 0.15) is 0 Å². The van der Waals surface area contributed by atoms with E-state index in [2.05, 4.69) is 228 Å². The molecule has 0 aliphatic heterocycles. The predicted molar refractivity (Wildman–Crippen MR) is 227 cm³/mol. The first kappa shape index (κ1) is 35.2. The fourth-order valence-corrected chi connectivity index (χ4v) is 8.42. The molecule has 2 aromatic heterocycles. The second-order valence-corrected chi connectivity index (χ2v) is 14.7. The Morgan fingerprint density at radius 3 is 1.71 bits per heavy atom. The molecule has 274 valence electrons. The summed E-state index contributed by atoms with van der Waals surface area (Å²) >= 11 is 2.46. The van der Waals surface area contributed by atoms with Crippen molar-refractivity contribution in [3.05, 3.63) is 204 Å². The van der Waals surface area contributed by atoms with Gasteiger partial charge in [-0.05, 0) is 6.07 Å². The Morgan fingerprint density at radius 2 is 1.09 bits per heavy atom. The van der Waals surface area contributed by atoms with E-state index < -0.39 is 0 Å². The van der Waals surface area contributed by atoms with E-state index in [4.69, 9.17) is 4.98 Å². The van der Waals surface area contributed by atoms with Crippen molar-refractivity contribution in [3.8, 4) is 44.9 Å². The van der Waals surface area contributed by atoms with Crippen molar-refractivity contribution in [3.63, 3.8) is 0 Å². The normalized spacial score (nSPS) is 11.1. The van der Waals surface area contributed by atoms with E-state index >= 15 is 0 Å². The van der Waals surface area contributed by atoms with Crippen molar-refractivity contribution in [1.82, 2.24) is 14.1 Å². The van der Waals surface area contributed by atoms with E-state index in [9.17, 15) is 0 Å². The molecule has 9 rings (SSSR count). The molecule has 9 aromatic rings. The minimum absolute atomic E-state index is 0.864. The maximum atomic E-state index is 4.69. The van der Waals surface area contributed by atoms with Gasteiger partial charge in [0.05, 0.1) is 0 Å². The number of hydrogen-bond donors (Lipinski definition) is 0. The average Bonchev–Trinajstić information content (AvgIpc) is 3.56. The van der Waals surface area contributed by atoms with Gasteiger partial charge in [0.25, 0.3) is 0 Å². The standard InChI is InChI=1S/C50H37N5.Pt/c1-52(2)40-29-31-41(32-30-40)53-36-54(49-28-10-9-27-48(49)53)42-21-14-23-44(35-42)55(43-22-13-20-39(34-43)47-26-11-12-33-51-47)50-45(37-16-5-3-6-17-37)24-15-25-46(50)38-18-7-4-8-19-38;/h3-33H,1-2H3;/q-2;. The van der Waals surface area contributed by atoms with Crippen molar-refractivity contribution < 1.29 is 19.4 Å². The van der Waals surface area contributed by atoms with Gasteiger partial charge in [0.1, 0.15) is 0 Å². The summed E-state index contributed by atoms with van der Waals surface area (Å²) in [6, 6.07) is 71.5. The number of benzene rings is 7. The van der Waals surface area contributed by atoms with Gasteiger partial charge in [-0.25, -0.2) is 0 Å². The van der Waals surface area contributed by atoms with Gasteiger partial charge in [-0.3, -0.25) is 0 Å². The van der Waals surface area contributed by atoms with E-state index in [1.54, 1.807) is 0 Å². The Hall–Kier alpha value is -6.55. The summed E-state index contributed by atoms with van der Waals surface area (Å²) < 4.78 is 5.66. The molecule has 0 aliphatic rings. The summed E-state index contributed by atoms with van der Waals surface area (Å²) in [5.41, 5.74) is 14.4. The first-order chi connectivity index (χ1) is 27.5. The van der Waals surface area contributed by atoms with Gasteiger partial charge in [-0.2, -0.15) is 0 Å². The number of rotatable bonds is 9. The SMILES string of the molecule is CN(C)c1ccc(-n2[c](=[Pt])n(-c3[c-]c(N(c4[c-]c(-c5ccccn5)ccc4)c4c(-c5ccccc5)cccc4-c4ccccc4)ccc3)c3ccccc32)cc1. The molecule has 0 saturated carbocycles. The Morgan fingerprint density at radius 1 is 0.518 bits per heavy atom. The fourth-order valence-electron chi connectivity index (χ4n) is 7.31. The molecule has 0 atom stereocenters. The van der Waals surface area contributed by atoms with Crippen LogP contribution >= 0.6 is 0 Å². The van der Waals surface area contributed by atoms with Gasteiger partial charge < -0.3 is 0 Å². The van der Waals surface area contributed by atoms with Crippen molar-refractivity contribution in [1.29, 1.82) is 0 Å². The number of pyridine rings is 1. The molecule has 0 radical (unpaired) electrons. The van der Waals surface area contributed by atoms with Crippen molar-refractivity contribution >= 4 is 33.8 Å². The Kier molecular flexibility index (Phi) is 9.61. The van der Waals surface area contributed by atoms with Gasteiger partial charge >= 0.3 is 334 Å². The fraction of sp³-hybridized carbons (Fsp3) is 0.0400. The summed E-state index contributed by atoms with van der Waals surface area (Å²) in [7, 11) is 4.13. The molecule has 0 spiro atoms. The molecule has 7 aromatic carbocycles. The first-order valence-electron chi connectivity index (χ1n) is 18.5. The Balaban J connectivity index is 1.30. The number of aromatic nitrogens is 3. The van der Waals surface area contributed by atoms with E-state index in [1.807, 2.05) is 24.4 Å². The molecule has 2 heterocycles. The van der Waals surface area contributed by atoms with Crippen LogP contribution < -0.4 is 9.80 Å². The average molecular weight is 903 g/mol. The number of fused-ring (bicyclic) bond motifs is 1. The third kappa shape index (κ3) is 6.61. The number of nitrogens with zero attached hydrogens (tertiary/aromatic N) is 5. The molecule has 6 heteroatoms.